The van der Waals surface area contributed by atoms with Crippen LogP contribution in [0.5, 0.6) is 0 Å². The van der Waals surface area contributed by atoms with Crippen LogP contribution in [0.15, 0.2) is 0 Å². The van der Waals surface area contributed by atoms with Gasteiger partial charge < -0.3 is 0 Å². The molecular formula is C12H22Br2. The lowest BCUT2D eigenvalue weighted by atomic mass is 9.73. The quantitative estimate of drug-likeness (QED) is 0.617. The van der Waals surface area contributed by atoms with Crippen LogP contribution in [0, 0.1) is 11.8 Å². The molecule has 0 aliphatic heterocycles. The average molecular weight is 326 g/mol. The molecule has 0 bridgehead atoms. The molecule has 0 aromatic rings. The highest BCUT2D eigenvalue weighted by atomic mass is 79.9. The van der Waals surface area contributed by atoms with Crippen LogP contribution in [0.25, 0.3) is 0 Å². The summed E-state index contributed by atoms with van der Waals surface area (Å²) in [6.45, 7) is 9.21. The summed E-state index contributed by atoms with van der Waals surface area (Å²) in [5.74, 6) is 1.71. The maximum absolute atomic E-state index is 3.80. The predicted octanol–water partition coefficient (Wildman–Crippen LogP) is 5.14. The van der Waals surface area contributed by atoms with E-state index in [9.17, 15) is 0 Å². The second kappa shape index (κ2) is 4.45. The first kappa shape index (κ1) is 13.0. The smallest absolute Gasteiger partial charge is 0.0229 e. The fourth-order valence-electron chi connectivity index (χ4n) is 2.47. The van der Waals surface area contributed by atoms with Gasteiger partial charge in [0.25, 0.3) is 0 Å². The van der Waals surface area contributed by atoms with Crippen molar-refractivity contribution in [3.8, 4) is 0 Å². The molecule has 0 aromatic heterocycles. The fraction of sp³-hybridized carbons (Fsp3) is 1.00. The van der Waals surface area contributed by atoms with Crippen molar-refractivity contribution < 1.29 is 0 Å². The minimum Gasteiger partial charge on any atom is -0.0856 e. The van der Waals surface area contributed by atoms with Crippen LogP contribution in [0.2, 0.25) is 0 Å². The zero-order chi connectivity index (χ0) is 11.0. The standard InChI is InChI=1S/C12H22Br2/c1-11(2,13)9-5-7-10(8-6-9)12(3,4)14/h9-10H,5-8H2,1-4H3/t9-,10-. The third kappa shape index (κ3) is 3.52. The number of halogens is 2. The summed E-state index contributed by atoms with van der Waals surface area (Å²) in [7, 11) is 0. The van der Waals surface area contributed by atoms with Crippen molar-refractivity contribution in [1.29, 1.82) is 0 Å². The molecule has 0 radical (unpaired) electrons. The Labute approximate surface area is 105 Å². The van der Waals surface area contributed by atoms with Crippen molar-refractivity contribution in [3.63, 3.8) is 0 Å². The zero-order valence-electron chi connectivity index (χ0n) is 9.74. The molecule has 0 aromatic carbocycles. The van der Waals surface area contributed by atoms with Crippen LogP contribution in [-0.4, -0.2) is 8.65 Å². The van der Waals surface area contributed by atoms with Gasteiger partial charge in [0.05, 0.1) is 0 Å². The number of alkyl halides is 2. The largest absolute Gasteiger partial charge is 0.0856 e. The van der Waals surface area contributed by atoms with Gasteiger partial charge in [0.2, 0.25) is 0 Å². The molecule has 0 spiro atoms. The molecule has 14 heavy (non-hydrogen) atoms. The summed E-state index contributed by atoms with van der Waals surface area (Å²) >= 11 is 7.60. The van der Waals surface area contributed by atoms with Gasteiger partial charge in [-0.3, -0.25) is 0 Å². The van der Waals surface area contributed by atoms with Gasteiger partial charge in [-0.25, -0.2) is 0 Å². The van der Waals surface area contributed by atoms with E-state index in [1.54, 1.807) is 0 Å². The van der Waals surface area contributed by atoms with Crippen LogP contribution in [0.4, 0.5) is 0 Å². The highest BCUT2D eigenvalue weighted by Crippen LogP contribution is 2.44. The van der Waals surface area contributed by atoms with Crippen molar-refractivity contribution in [2.45, 2.75) is 62.0 Å². The molecular weight excluding hydrogens is 304 g/mol. The van der Waals surface area contributed by atoms with Crippen molar-refractivity contribution in [2.24, 2.45) is 11.8 Å². The van der Waals surface area contributed by atoms with E-state index in [1.165, 1.54) is 25.7 Å². The first-order valence-electron chi connectivity index (χ1n) is 5.59. The van der Waals surface area contributed by atoms with E-state index < -0.39 is 0 Å². The maximum Gasteiger partial charge on any atom is 0.0229 e. The Kier molecular flexibility index (Phi) is 4.14. The Balaban J connectivity index is 2.47. The molecule has 0 heterocycles. The van der Waals surface area contributed by atoms with Crippen LogP contribution < -0.4 is 0 Å². The van der Waals surface area contributed by atoms with Gasteiger partial charge in [0, 0.05) is 8.65 Å². The molecule has 0 amide bonds. The van der Waals surface area contributed by atoms with E-state index in [-0.39, 0.29) is 0 Å². The van der Waals surface area contributed by atoms with E-state index in [2.05, 4.69) is 59.6 Å². The second-order valence-corrected chi connectivity index (χ2v) is 9.77. The van der Waals surface area contributed by atoms with Gasteiger partial charge in [-0.1, -0.05) is 31.9 Å². The normalized spacial score (nSPS) is 30.4. The van der Waals surface area contributed by atoms with E-state index in [0.29, 0.717) is 8.65 Å². The second-order valence-electron chi connectivity index (χ2n) is 5.68. The van der Waals surface area contributed by atoms with E-state index in [4.69, 9.17) is 0 Å². The Bertz CT molecular complexity index is 155. The predicted molar refractivity (Wildman–Crippen MR) is 71.5 cm³/mol. The van der Waals surface area contributed by atoms with Gasteiger partial charge in [-0.15, -0.1) is 0 Å². The Hall–Kier alpha value is 0.960. The Morgan fingerprint density at radius 1 is 0.714 bits per heavy atom. The molecule has 84 valence electrons. The highest BCUT2D eigenvalue weighted by molar-refractivity contribution is 9.10. The SMILES string of the molecule is CC(C)(Br)[C@H]1CC[C@H](C(C)(C)Br)CC1. The molecule has 1 rings (SSSR count). The van der Waals surface area contributed by atoms with Gasteiger partial charge in [0.1, 0.15) is 0 Å². The van der Waals surface area contributed by atoms with Crippen LogP contribution in [-0.2, 0) is 0 Å². The first-order chi connectivity index (χ1) is 6.21. The Morgan fingerprint density at radius 2 is 0.929 bits per heavy atom. The highest BCUT2D eigenvalue weighted by Gasteiger charge is 2.35. The van der Waals surface area contributed by atoms with E-state index in [0.717, 1.165) is 11.8 Å². The summed E-state index contributed by atoms with van der Waals surface area (Å²) in [6.07, 6.45) is 5.49. The number of rotatable bonds is 2. The maximum atomic E-state index is 3.80. The molecule has 0 saturated heterocycles. The summed E-state index contributed by atoms with van der Waals surface area (Å²) < 4.78 is 0.656. The molecule has 0 nitrogen and oxygen atoms in total. The van der Waals surface area contributed by atoms with Crippen molar-refractivity contribution in [1.82, 2.24) is 0 Å². The van der Waals surface area contributed by atoms with Crippen molar-refractivity contribution in [2.75, 3.05) is 0 Å². The molecule has 1 aliphatic carbocycles. The summed E-state index contributed by atoms with van der Waals surface area (Å²) in [4.78, 5) is 0. The first-order valence-corrected chi connectivity index (χ1v) is 7.17. The van der Waals surface area contributed by atoms with Crippen LogP contribution in [0.3, 0.4) is 0 Å². The van der Waals surface area contributed by atoms with Gasteiger partial charge in [0.15, 0.2) is 0 Å². The minimum absolute atomic E-state index is 0.328. The number of hydrogen-bond acceptors (Lipinski definition) is 0. The average Bonchev–Trinajstić information content (AvgIpc) is 2.01. The van der Waals surface area contributed by atoms with Gasteiger partial charge >= 0.3 is 0 Å². The van der Waals surface area contributed by atoms with Gasteiger partial charge in [-0.2, -0.15) is 0 Å². The summed E-state index contributed by atoms with van der Waals surface area (Å²) in [6, 6.07) is 0. The molecule has 2 heteroatoms. The third-order valence-corrected chi connectivity index (χ3v) is 4.96. The molecule has 1 aliphatic rings. The molecule has 0 N–H and O–H groups in total. The lowest BCUT2D eigenvalue weighted by molar-refractivity contribution is 0.220. The lowest BCUT2D eigenvalue weighted by Gasteiger charge is -2.39. The summed E-state index contributed by atoms with van der Waals surface area (Å²) in [5.41, 5.74) is 0. The molecule has 0 unspecified atom stereocenters. The fourth-order valence-corrected chi connectivity index (χ4v) is 3.38. The minimum atomic E-state index is 0.328. The van der Waals surface area contributed by atoms with E-state index >= 15 is 0 Å². The van der Waals surface area contributed by atoms with Crippen molar-refractivity contribution in [3.05, 3.63) is 0 Å². The van der Waals surface area contributed by atoms with Gasteiger partial charge in [-0.05, 0) is 65.2 Å². The van der Waals surface area contributed by atoms with Crippen molar-refractivity contribution >= 4 is 31.9 Å². The lowest BCUT2D eigenvalue weighted by Crippen LogP contribution is -2.34. The van der Waals surface area contributed by atoms with E-state index in [1.807, 2.05) is 0 Å². The Morgan fingerprint density at radius 3 is 1.07 bits per heavy atom. The number of hydrogen-bond donors (Lipinski definition) is 0. The molecule has 0 atom stereocenters. The monoisotopic (exact) mass is 324 g/mol. The van der Waals surface area contributed by atoms with Crippen LogP contribution >= 0.6 is 31.9 Å². The van der Waals surface area contributed by atoms with Crippen LogP contribution in [0.1, 0.15) is 53.4 Å². The zero-order valence-corrected chi connectivity index (χ0v) is 12.9. The molecule has 1 saturated carbocycles. The molecule has 1 fully saturated rings. The topological polar surface area (TPSA) is 0 Å². The third-order valence-electron chi connectivity index (χ3n) is 3.67. The summed E-state index contributed by atoms with van der Waals surface area (Å²) in [5, 5.41) is 0.